The van der Waals surface area contributed by atoms with Crippen molar-refractivity contribution in [3.05, 3.63) is 64.9 Å². The lowest BCUT2D eigenvalue weighted by atomic mass is 9.69. The van der Waals surface area contributed by atoms with Gasteiger partial charge in [0, 0.05) is 34.9 Å². The van der Waals surface area contributed by atoms with Crippen LogP contribution in [0.5, 0.6) is 17.2 Å². The van der Waals surface area contributed by atoms with Gasteiger partial charge in [-0.15, -0.1) is 0 Å². The highest BCUT2D eigenvalue weighted by Gasteiger charge is 2.45. The molecule has 0 amide bonds. The summed E-state index contributed by atoms with van der Waals surface area (Å²) in [6, 6.07) is 13.4. The Morgan fingerprint density at radius 2 is 1.76 bits per heavy atom. The molecule has 202 valence electrons. The lowest BCUT2D eigenvalue weighted by Crippen LogP contribution is -2.38. The van der Waals surface area contributed by atoms with Crippen LogP contribution in [0.3, 0.4) is 0 Å². The average Bonchev–Trinajstić information content (AvgIpc) is 2.92. The number of hydrogen-bond acceptors (Lipinski definition) is 7. The first-order chi connectivity index (χ1) is 18.4. The standard InChI is InChI=1S/C31H37NO6/c1-6-8-15-38-31(34)28-19(3)32-23-16-21(20-13-14-26(35-4)27(18-20)36-5)17-24(33)30(23)29(28)22-11-9-10-12-25(22)37-7-2/h9-14,18,21,28-29H,6-8,15-17H2,1-5H3/t21-,28?,29-/m0/s1. The summed E-state index contributed by atoms with van der Waals surface area (Å²) >= 11 is 0. The molecule has 0 spiro atoms. The van der Waals surface area contributed by atoms with Gasteiger partial charge in [0.05, 0.1) is 27.4 Å². The molecule has 2 aliphatic rings. The Bertz CT molecular complexity index is 1250. The molecule has 0 radical (unpaired) electrons. The van der Waals surface area contributed by atoms with E-state index in [2.05, 4.69) is 6.92 Å². The molecule has 3 atom stereocenters. The highest BCUT2D eigenvalue weighted by molar-refractivity contribution is 6.09. The maximum absolute atomic E-state index is 13.9. The van der Waals surface area contributed by atoms with Crippen LogP contribution in [-0.4, -0.2) is 44.9 Å². The van der Waals surface area contributed by atoms with Gasteiger partial charge in [-0.3, -0.25) is 14.6 Å². The molecular formula is C31H37NO6. The second-order valence-electron chi connectivity index (χ2n) is 9.70. The van der Waals surface area contributed by atoms with Crippen LogP contribution in [0, 0.1) is 5.92 Å². The van der Waals surface area contributed by atoms with Gasteiger partial charge in [-0.05, 0) is 56.4 Å². The SMILES string of the molecule is CCCCOC(=O)C1C(C)=NC2=C(C(=O)C[C@@H](c3ccc(OC)c(OC)c3)C2)[C@H]1c1ccccc1OCC. The summed E-state index contributed by atoms with van der Waals surface area (Å²) in [4.78, 5) is 32.2. The number of benzene rings is 2. The number of ketones is 1. The number of aliphatic imine (C=N–C) groups is 1. The first-order valence-corrected chi connectivity index (χ1v) is 13.3. The van der Waals surface area contributed by atoms with Crippen molar-refractivity contribution in [1.82, 2.24) is 0 Å². The fraction of sp³-hybridized carbons (Fsp3) is 0.452. The summed E-state index contributed by atoms with van der Waals surface area (Å²) in [5.74, 6) is 0.311. The van der Waals surface area contributed by atoms with Crippen molar-refractivity contribution < 1.29 is 28.5 Å². The Morgan fingerprint density at radius 3 is 2.47 bits per heavy atom. The van der Waals surface area contributed by atoms with E-state index in [9.17, 15) is 9.59 Å². The molecule has 2 aromatic carbocycles. The molecule has 0 saturated carbocycles. The van der Waals surface area contributed by atoms with Gasteiger partial charge >= 0.3 is 5.97 Å². The van der Waals surface area contributed by atoms with E-state index in [4.69, 9.17) is 23.9 Å². The van der Waals surface area contributed by atoms with Crippen molar-refractivity contribution in [3.8, 4) is 17.2 Å². The maximum Gasteiger partial charge on any atom is 0.315 e. The molecule has 1 aliphatic carbocycles. The Balaban J connectivity index is 1.78. The van der Waals surface area contributed by atoms with Crippen molar-refractivity contribution in [2.75, 3.05) is 27.4 Å². The molecule has 7 nitrogen and oxygen atoms in total. The molecule has 7 heteroatoms. The summed E-state index contributed by atoms with van der Waals surface area (Å²) < 4.78 is 22.5. The van der Waals surface area contributed by atoms with E-state index in [0.717, 1.165) is 29.7 Å². The van der Waals surface area contributed by atoms with Crippen molar-refractivity contribution in [3.63, 3.8) is 0 Å². The third kappa shape index (κ3) is 5.47. The first-order valence-electron chi connectivity index (χ1n) is 13.3. The summed E-state index contributed by atoms with van der Waals surface area (Å²) in [5, 5.41) is 0. The van der Waals surface area contributed by atoms with E-state index < -0.39 is 11.8 Å². The molecule has 1 aliphatic heterocycles. The van der Waals surface area contributed by atoms with Crippen LogP contribution >= 0.6 is 0 Å². The zero-order valence-electron chi connectivity index (χ0n) is 22.9. The van der Waals surface area contributed by atoms with E-state index in [0.29, 0.717) is 54.6 Å². The molecule has 0 N–H and O–H groups in total. The molecule has 0 saturated heterocycles. The molecule has 4 rings (SSSR count). The number of ether oxygens (including phenoxy) is 4. The van der Waals surface area contributed by atoms with Crippen molar-refractivity contribution in [2.45, 2.75) is 58.3 Å². The summed E-state index contributed by atoms with van der Waals surface area (Å²) in [6.45, 7) is 6.65. The number of methoxy groups -OCH3 is 2. The minimum absolute atomic E-state index is 0.00931. The summed E-state index contributed by atoms with van der Waals surface area (Å²) in [7, 11) is 3.20. The number of para-hydroxylation sites is 1. The molecule has 0 bridgehead atoms. The molecular weight excluding hydrogens is 482 g/mol. The number of carbonyl (C=O) groups is 2. The molecule has 1 heterocycles. The predicted molar refractivity (Wildman–Crippen MR) is 146 cm³/mol. The molecule has 1 unspecified atom stereocenters. The van der Waals surface area contributed by atoms with Crippen LogP contribution < -0.4 is 14.2 Å². The summed E-state index contributed by atoms with van der Waals surface area (Å²) in [5.41, 5.74) is 3.78. The number of unbranched alkanes of at least 4 members (excludes halogenated alkanes) is 1. The zero-order valence-corrected chi connectivity index (χ0v) is 22.9. The Morgan fingerprint density at radius 1 is 1.00 bits per heavy atom. The minimum atomic E-state index is -0.686. The maximum atomic E-state index is 13.9. The number of rotatable bonds is 10. The fourth-order valence-electron chi connectivity index (χ4n) is 5.47. The lowest BCUT2D eigenvalue weighted by Gasteiger charge is -2.37. The topological polar surface area (TPSA) is 83.4 Å². The second-order valence-corrected chi connectivity index (χ2v) is 9.70. The number of hydrogen-bond donors (Lipinski definition) is 0. The van der Waals surface area contributed by atoms with Gasteiger partial charge in [0.1, 0.15) is 11.7 Å². The molecule has 0 aromatic heterocycles. The highest BCUT2D eigenvalue weighted by atomic mass is 16.5. The zero-order chi connectivity index (χ0) is 27.2. The van der Waals surface area contributed by atoms with E-state index in [-0.39, 0.29) is 17.7 Å². The van der Waals surface area contributed by atoms with E-state index >= 15 is 0 Å². The van der Waals surface area contributed by atoms with E-state index in [1.54, 1.807) is 14.2 Å². The number of esters is 1. The van der Waals surface area contributed by atoms with Gasteiger partial charge in [0.15, 0.2) is 17.3 Å². The number of allylic oxidation sites excluding steroid dienone is 2. The normalized spacial score (nSPS) is 20.9. The number of carbonyl (C=O) groups excluding carboxylic acids is 2. The third-order valence-corrected chi connectivity index (χ3v) is 7.32. The van der Waals surface area contributed by atoms with Crippen LogP contribution in [0.4, 0.5) is 0 Å². The van der Waals surface area contributed by atoms with Gasteiger partial charge in [-0.25, -0.2) is 0 Å². The third-order valence-electron chi connectivity index (χ3n) is 7.32. The predicted octanol–water partition coefficient (Wildman–Crippen LogP) is 6.02. The largest absolute Gasteiger partial charge is 0.494 e. The molecule has 38 heavy (non-hydrogen) atoms. The summed E-state index contributed by atoms with van der Waals surface area (Å²) in [6.07, 6.45) is 2.61. The van der Waals surface area contributed by atoms with Crippen LogP contribution in [0.25, 0.3) is 0 Å². The van der Waals surface area contributed by atoms with Crippen molar-refractivity contribution >= 4 is 17.5 Å². The fourth-order valence-corrected chi connectivity index (χ4v) is 5.47. The highest BCUT2D eigenvalue weighted by Crippen LogP contribution is 2.49. The van der Waals surface area contributed by atoms with Gasteiger partial charge in [-0.2, -0.15) is 0 Å². The van der Waals surface area contributed by atoms with Crippen LogP contribution in [-0.2, 0) is 14.3 Å². The van der Waals surface area contributed by atoms with Gasteiger partial charge in [0.25, 0.3) is 0 Å². The number of Topliss-reactive ketones (excluding diaryl/α,β-unsaturated/α-hetero) is 1. The average molecular weight is 520 g/mol. The minimum Gasteiger partial charge on any atom is -0.494 e. The van der Waals surface area contributed by atoms with Crippen molar-refractivity contribution in [1.29, 1.82) is 0 Å². The Hall–Kier alpha value is -3.61. The number of nitrogens with zero attached hydrogens (tertiary/aromatic N) is 1. The Kier molecular flexibility index (Phi) is 8.87. The monoisotopic (exact) mass is 519 g/mol. The quantitative estimate of drug-likeness (QED) is 0.282. The van der Waals surface area contributed by atoms with E-state index in [1.165, 1.54) is 0 Å². The molecule has 0 fully saturated rings. The van der Waals surface area contributed by atoms with Crippen molar-refractivity contribution in [2.24, 2.45) is 10.9 Å². The lowest BCUT2D eigenvalue weighted by molar-refractivity contribution is -0.146. The van der Waals surface area contributed by atoms with Gasteiger partial charge in [-0.1, -0.05) is 37.6 Å². The Labute approximate surface area is 224 Å². The van der Waals surface area contributed by atoms with Crippen LogP contribution in [0.1, 0.15) is 69.4 Å². The first kappa shape index (κ1) is 27.4. The van der Waals surface area contributed by atoms with Crippen LogP contribution in [0.2, 0.25) is 0 Å². The van der Waals surface area contributed by atoms with Gasteiger partial charge < -0.3 is 18.9 Å². The van der Waals surface area contributed by atoms with Gasteiger partial charge in [0.2, 0.25) is 0 Å². The molecule has 2 aromatic rings. The van der Waals surface area contributed by atoms with Crippen LogP contribution in [0.15, 0.2) is 58.7 Å². The van der Waals surface area contributed by atoms with E-state index in [1.807, 2.05) is 56.3 Å². The smallest absolute Gasteiger partial charge is 0.315 e. The second kappa shape index (κ2) is 12.3.